The molecule has 3 N–H and O–H groups in total. The first-order valence-corrected chi connectivity index (χ1v) is 7.90. The SMILES string of the molecule is CCOc1ccc(C(=O)NCC(Cc2ccc(F)cc2)C(N)=O)cn1. The Bertz CT molecular complexity index is 717. The molecule has 1 unspecified atom stereocenters. The number of benzene rings is 1. The summed E-state index contributed by atoms with van der Waals surface area (Å²) >= 11 is 0. The number of carbonyl (C=O) groups is 2. The molecule has 2 amide bonds. The van der Waals surface area contributed by atoms with E-state index in [2.05, 4.69) is 10.3 Å². The molecule has 25 heavy (non-hydrogen) atoms. The van der Waals surface area contributed by atoms with Gasteiger partial charge in [-0.2, -0.15) is 0 Å². The third kappa shape index (κ3) is 5.56. The Morgan fingerprint density at radius 1 is 1.24 bits per heavy atom. The minimum Gasteiger partial charge on any atom is -0.478 e. The van der Waals surface area contributed by atoms with Crippen LogP contribution in [0.25, 0.3) is 0 Å². The molecule has 1 aromatic heterocycles. The van der Waals surface area contributed by atoms with Crippen LogP contribution in [0.1, 0.15) is 22.8 Å². The number of hydrogen-bond donors (Lipinski definition) is 2. The summed E-state index contributed by atoms with van der Waals surface area (Å²) in [5.41, 5.74) is 6.52. The van der Waals surface area contributed by atoms with Crippen LogP contribution in [0.5, 0.6) is 5.88 Å². The molecule has 132 valence electrons. The molecule has 1 atom stereocenters. The second kappa shape index (κ2) is 8.77. The van der Waals surface area contributed by atoms with Crippen LogP contribution in [-0.4, -0.2) is 29.9 Å². The topological polar surface area (TPSA) is 94.3 Å². The number of rotatable bonds is 8. The molecule has 6 nitrogen and oxygen atoms in total. The lowest BCUT2D eigenvalue weighted by Crippen LogP contribution is -2.37. The number of nitrogens with one attached hydrogen (secondary N) is 1. The van der Waals surface area contributed by atoms with Gasteiger partial charge < -0.3 is 15.8 Å². The van der Waals surface area contributed by atoms with Gasteiger partial charge in [0.25, 0.3) is 5.91 Å². The first-order valence-electron chi connectivity index (χ1n) is 7.90. The van der Waals surface area contributed by atoms with Crippen LogP contribution in [0.4, 0.5) is 4.39 Å². The van der Waals surface area contributed by atoms with E-state index in [0.717, 1.165) is 5.56 Å². The third-order valence-electron chi connectivity index (χ3n) is 3.60. The number of nitrogens with zero attached hydrogens (tertiary/aromatic N) is 1. The summed E-state index contributed by atoms with van der Waals surface area (Å²) in [5.74, 6) is -1.40. The standard InChI is InChI=1S/C18H20FN3O3/c1-2-25-16-8-5-13(10-21-16)18(24)22-11-14(17(20)23)9-12-3-6-15(19)7-4-12/h3-8,10,14H,2,9,11H2,1H3,(H2,20,23)(H,22,24). The molecular weight excluding hydrogens is 325 g/mol. The van der Waals surface area contributed by atoms with Crippen LogP contribution < -0.4 is 15.8 Å². The summed E-state index contributed by atoms with van der Waals surface area (Å²) in [6.45, 7) is 2.41. The quantitative estimate of drug-likeness (QED) is 0.761. The minimum absolute atomic E-state index is 0.0821. The van der Waals surface area contributed by atoms with Gasteiger partial charge in [0, 0.05) is 18.8 Å². The van der Waals surface area contributed by atoms with E-state index in [1.54, 1.807) is 24.3 Å². The molecule has 0 aliphatic heterocycles. The molecule has 0 saturated carbocycles. The predicted octanol–water partition coefficient (Wildman–Crippen LogP) is 1.69. The predicted molar refractivity (Wildman–Crippen MR) is 90.5 cm³/mol. The van der Waals surface area contributed by atoms with Crippen LogP contribution in [0.15, 0.2) is 42.6 Å². The maximum Gasteiger partial charge on any atom is 0.252 e. The number of primary amides is 1. The summed E-state index contributed by atoms with van der Waals surface area (Å²) in [6, 6.07) is 9.00. The molecule has 0 aliphatic carbocycles. The lowest BCUT2D eigenvalue weighted by Gasteiger charge is -2.14. The lowest BCUT2D eigenvalue weighted by molar-refractivity contribution is -0.121. The van der Waals surface area contributed by atoms with Gasteiger partial charge in [0.2, 0.25) is 11.8 Å². The fourth-order valence-electron chi connectivity index (χ4n) is 2.24. The zero-order valence-electron chi connectivity index (χ0n) is 13.9. The van der Waals surface area contributed by atoms with E-state index in [1.165, 1.54) is 18.3 Å². The van der Waals surface area contributed by atoms with Crippen molar-refractivity contribution in [2.75, 3.05) is 13.2 Å². The van der Waals surface area contributed by atoms with Crippen molar-refractivity contribution in [3.8, 4) is 5.88 Å². The number of nitrogens with two attached hydrogens (primary N) is 1. The number of ether oxygens (including phenoxy) is 1. The van der Waals surface area contributed by atoms with Crippen molar-refractivity contribution < 1.29 is 18.7 Å². The zero-order valence-corrected chi connectivity index (χ0v) is 13.9. The Kier molecular flexibility index (Phi) is 6.45. The Balaban J connectivity index is 1.94. The maximum absolute atomic E-state index is 12.9. The van der Waals surface area contributed by atoms with E-state index in [4.69, 9.17) is 10.5 Å². The van der Waals surface area contributed by atoms with Crippen LogP contribution in [0.2, 0.25) is 0 Å². The Morgan fingerprint density at radius 3 is 2.52 bits per heavy atom. The van der Waals surface area contributed by atoms with Gasteiger partial charge in [-0.25, -0.2) is 9.37 Å². The molecule has 2 rings (SSSR count). The van der Waals surface area contributed by atoms with Crippen molar-refractivity contribution in [1.82, 2.24) is 10.3 Å². The van der Waals surface area contributed by atoms with Crippen molar-refractivity contribution in [3.05, 3.63) is 59.5 Å². The largest absolute Gasteiger partial charge is 0.478 e. The minimum atomic E-state index is -0.593. The highest BCUT2D eigenvalue weighted by molar-refractivity contribution is 5.94. The molecule has 0 fully saturated rings. The number of carbonyl (C=O) groups excluding carboxylic acids is 2. The van der Waals surface area contributed by atoms with Gasteiger partial charge in [-0.15, -0.1) is 0 Å². The van der Waals surface area contributed by atoms with Gasteiger partial charge >= 0.3 is 0 Å². The van der Waals surface area contributed by atoms with Gasteiger partial charge in [-0.05, 0) is 37.1 Å². The van der Waals surface area contributed by atoms with Gasteiger partial charge in [0.15, 0.2) is 0 Å². The van der Waals surface area contributed by atoms with Crippen LogP contribution >= 0.6 is 0 Å². The number of pyridine rings is 1. The number of aromatic nitrogens is 1. The van der Waals surface area contributed by atoms with Crippen molar-refractivity contribution in [2.24, 2.45) is 11.7 Å². The maximum atomic E-state index is 12.9. The summed E-state index contributed by atoms with van der Waals surface area (Å²) in [4.78, 5) is 27.8. The highest BCUT2D eigenvalue weighted by Gasteiger charge is 2.18. The fourth-order valence-corrected chi connectivity index (χ4v) is 2.24. The van der Waals surface area contributed by atoms with E-state index in [1.807, 2.05) is 6.92 Å². The highest BCUT2D eigenvalue weighted by atomic mass is 19.1. The smallest absolute Gasteiger partial charge is 0.252 e. The number of halogens is 1. The average Bonchev–Trinajstić information content (AvgIpc) is 2.60. The van der Waals surface area contributed by atoms with Gasteiger partial charge in [0.1, 0.15) is 5.82 Å². The van der Waals surface area contributed by atoms with Crippen LogP contribution in [0, 0.1) is 11.7 Å². The molecule has 1 heterocycles. The number of hydrogen-bond acceptors (Lipinski definition) is 4. The van der Waals surface area contributed by atoms with Crippen LogP contribution in [0.3, 0.4) is 0 Å². The second-order valence-corrected chi connectivity index (χ2v) is 5.46. The molecule has 0 aliphatic rings. The Morgan fingerprint density at radius 2 is 1.96 bits per heavy atom. The first kappa shape index (κ1) is 18.4. The van der Waals surface area contributed by atoms with E-state index in [0.29, 0.717) is 24.5 Å². The van der Waals surface area contributed by atoms with Crippen molar-refractivity contribution in [2.45, 2.75) is 13.3 Å². The van der Waals surface area contributed by atoms with Crippen LogP contribution in [-0.2, 0) is 11.2 Å². The normalized spacial score (nSPS) is 11.6. The Labute approximate surface area is 145 Å². The van der Waals surface area contributed by atoms with Gasteiger partial charge in [0.05, 0.1) is 18.1 Å². The van der Waals surface area contributed by atoms with E-state index < -0.39 is 11.8 Å². The van der Waals surface area contributed by atoms with E-state index >= 15 is 0 Å². The summed E-state index contributed by atoms with van der Waals surface area (Å²) < 4.78 is 18.2. The average molecular weight is 345 g/mol. The zero-order chi connectivity index (χ0) is 18.2. The molecule has 0 spiro atoms. The highest BCUT2D eigenvalue weighted by Crippen LogP contribution is 2.11. The summed E-state index contributed by atoms with van der Waals surface area (Å²) in [6.07, 6.45) is 1.72. The van der Waals surface area contributed by atoms with Crippen molar-refractivity contribution >= 4 is 11.8 Å². The van der Waals surface area contributed by atoms with Crippen molar-refractivity contribution in [1.29, 1.82) is 0 Å². The lowest BCUT2D eigenvalue weighted by atomic mass is 9.98. The van der Waals surface area contributed by atoms with Crippen molar-refractivity contribution in [3.63, 3.8) is 0 Å². The van der Waals surface area contributed by atoms with E-state index in [9.17, 15) is 14.0 Å². The third-order valence-corrected chi connectivity index (χ3v) is 3.60. The molecule has 0 radical (unpaired) electrons. The van der Waals surface area contributed by atoms with E-state index in [-0.39, 0.29) is 18.3 Å². The fraction of sp³-hybridized carbons (Fsp3) is 0.278. The van der Waals surface area contributed by atoms with Gasteiger partial charge in [-0.1, -0.05) is 12.1 Å². The van der Waals surface area contributed by atoms with Gasteiger partial charge in [-0.3, -0.25) is 9.59 Å². The Hall–Kier alpha value is -2.96. The molecule has 2 aromatic rings. The monoisotopic (exact) mass is 345 g/mol. The summed E-state index contributed by atoms with van der Waals surface area (Å²) in [5, 5.41) is 2.67. The molecule has 7 heteroatoms. The second-order valence-electron chi connectivity index (χ2n) is 5.46. The first-order chi connectivity index (χ1) is 12.0. The molecule has 0 saturated heterocycles. The summed E-state index contributed by atoms with van der Waals surface area (Å²) in [7, 11) is 0. The molecular formula is C18H20FN3O3. The number of amides is 2. The molecule has 0 bridgehead atoms. The molecule has 1 aromatic carbocycles.